The summed E-state index contributed by atoms with van der Waals surface area (Å²) in [5.74, 6) is 0.927. The second-order valence-corrected chi connectivity index (χ2v) is 6.01. The van der Waals surface area contributed by atoms with Gasteiger partial charge in [0.2, 0.25) is 5.96 Å². The molecular formula is C16H23ClF3N5. The lowest BCUT2D eigenvalue weighted by Crippen LogP contribution is -2.43. The number of alkyl halides is 3. The van der Waals surface area contributed by atoms with Gasteiger partial charge in [-0.25, -0.2) is 4.99 Å². The van der Waals surface area contributed by atoms with E-state index >= 15 is 0 Å². The normalized spacial score (nSPS) is 17.4. The van der Waals surface area contributed by atoms with Gasteiger partial charge >= 0.3 is 6.18 Å². The zero-order valence-corrected chi connectivity index (χ0v) is 14.8. The Bertz CT molecular complexity index is 622. The summed E-state index contributed by atoms with van der Waals surface area (Å²) in [5.41, 5.74) is 11.3. The van der Waals surface area contributed by atoms with E-state index in [1.807, 2.05) is 4.90 Å². The highest BCUT2D eigenvalue weighted by Gasteiger charge is 2.30. The molecule has 1 aromatic rings. The number of nitrogens with zero attached hydrogens (tertiary/aromatic N) is 3. The maximum Gasteiger partial charge on any atom is 0.416 e. The van der Waals surface area contributed by atoms with Crippen molar-refractivity contribution in [3.8, 4) is 0 Å². The quantitative estimate of drug-likeness (QED) is 0.614. The SMILES string of the molecule is CC1CCN(C(N)=NC(N)=NCc2cccc(C(F)(F)F)c2)CC1.Cl. The summed E-state index contributed by atoms with van der Waals surface area (Å²) in [7, 11) is 0. The summed E-state index contributed by atoms with van der Waals surface area (Å²) in [6, 6.07) is 4.97. The molecule has 0 amide bonds. The van der Waals surface area contributed by atoms with Crippen LogP contribution in [0, 0.1) is 5.92 Å². The van der Waals surface area contributed by atoms with Crippen molar-refractivity contribution in [2.24, 2.45) is 27.4 Å². The third-order valence-electron chi connectivity index (χ3n) is 4.01. The van der Waals surface area contributed by atoms with E-state index in [2.05, 4.69) is 16.9 Å². The van der Waals surface area contributed by atoms with Crippen LogP contribution in [-0.4, -0.2) is 29.9 Å². The van der Waals surface area contributed by atoms with Gasteiger partial charge in [-0.15, -0.1) is 12.4 Å². The zero-order valence-electron chi connectivity index (χ0n) is 14.0. The second-order valence-electron chi connectivity index (χ2n) is 6.01. The molecule has 0 aromatic heterocycles. The highest BCUT2D eigenvalue weighted by Crippen LogP contribution is 2.29. The van der Waals surface area contributed by atoms with Gasteiger partial charge in [0.25, 0.3) is 0 Å². The fourth-order valence-corrected chi connectivity index (χ4v) is 2.48. The van der Waals surface area contributed by atoms with Crippen LogP contribution in [-0.2, 0) is 12.7 Å². The van der Waals surface area contributed by atoms with Gasteiger partial charge in [-0.1, -0.05) is 19.1 Å². The van der Waals surface area contributed by atoms with Gasteiger partial charge in [0.15, 0.2) is 5.96 Å². The monoisotopic (exact) mass is 377 g/mol. The average Bonchev–Trinajstić information content (AvgIpc) is 2.53. The Morgan fingerprint density at radius 1 is 1.24 bits per heavy atom. The minimum Gasteiger partial charge on any atom is -0.369 e. The first-order valence-electron chi connectivity index (χ1n) is 7.81. The molecule has 0 radical (unpaired) electrons. The van der Waals surface area contributed by atoms with E-state index in [-0.39, 0.29) is 24.9 Å². The molecule has 2 rings (SSSR count). The molecular weight excluding hydrogens is 355 g/mol. The van der Waals surface area contributed by atoms with Crippen LogP contribution in [0.3, 0.4) is 0 Å². The van der Waals surface area contributed by atoms with Gasteiger partial charge in [0.05, 0.1) is 12.1 Å². The molecule has 9 heteroatoms. The average molecular weight is 378 g/mol. The lowest BCUT2D eigenvalue weighted by Gasteiger charge is -2.30. The number of likely N-dealkylation sites (tertiary alicyclic amines) is 1. The molecule has 25 heavy (non-hydrogen) atoms. The van der Waals surface area contributed by atoms with Gasteiger partial charge < -0.3 is 16.4 Å². The lowest BCUT2D eigenvalue weighted by atomic mass is 10.00. The maximum absolute atomic E-state index is 12.7. The topological polar surface area (TPSA) is 80.0 Å². The molecule has 1 aromatic carbocycles. The Hall–Kier alpha value is -1.96. The largest absolute Gasteiger partial charge is 0.416 e. The van der Waals surface area contributed by atoms with Crippen LogP contribution in [0.25, 0.3) is 0 Å². The van der Waals surface area contributed by atoms with E-state index in [4.69, 9.17) is 11.5 Å². The standard InChI is InChI=1S/C16H22F3N5.ClH/c1-11-5-7-24(8-6-11)15(21)23-14(20)22-10-12-3-2-4-13(9-12)16(17,18)19;/h2-4,9,11H,5-8,10H2,1H3,(H4,20,21,22,23);1H. The van der Waals surface area contributed by atoms with Gasteiger partial charge in [0.1, 0.15) is 0 Å². The van der Waals surface area contributed by atoms with Crippen molar-refractivity contribution in [1.82, 2.24) is 4.90 Å². The molecule has 5 nitrogen and oxygen atoms in total. The zero-order chi connectivity index (χ0) is 17.7. The molecule has 0 spiro atoms. The third kappa shape index (κ3) is 6.45. The molecule has 0 saturated carbocycles. The summed E-state index contributed by atoms with van der Waals surface area (Å²) in [4.78, 5) is 9.98. The van der Waals surface area contributed by atoms with Crippen LogP contribution < -0.4 is 11.5 Å². The minimum absolute atomic E-state index is 0. The number of aliphatic imine (C=N–C) groups is 2. The minimum atomic E-state index is -4.38. The first-order chi connectivity index (χ1) is 11.3. The Balaban J connectivity index is 0.00000312. The van der Waals surface area contributed by atoms with Gasteiger partial charge in [-0.2, -0.15) is 18.2 Å². The van der Waals surface area contributed by atoms with Crippen LogP contribution in [0.1, 0.15) is 30.9 Å². The number of hydrogen-bond acceptors (Lipinski definition) is 1. The molecule has 1 aliphatic heterocycles. The van der Waals surface area contributed by atoms with E-state index in [1.54, 1.807) is 6.07 Å². The van der Waals surface area contributed by atoms with Crippen LogP contribution in [0.15, 0.2) is 34.3 Å². The summed E-state index contributed by atoms with van der Waals surface area (Å²) >= 11 is 0. The first-order valence-corrected chi connectivity index (χ1v) is 7.81. The van der Waals surface area contributed by atoms with E-state index < -0.39 is 11.7 Å². The molecule has 0 atom stereocenters. The summed E-state index contributed by atoms with van der Waals surface area (Å²) < 4.78 is 38.0. The number of guanidine groups is 2. The van der Waals surface area contributed by atoms with Crippen LogP contribution >= 0.6 is 12.4 Å². The fourth-order valence-electron chi connectivity index (χ4n) is 2.48. The summed E-state index contributed by atoms with van der Waals surface area (Å²) in [5, 5.41) is 0. The molecule has 1 heterocycles. The molecule has 0 aliphatic carbocycles. The van der Waals surface area contributed by atoms with Crippen molar-refractivity contribution in [2.75, 3.05) is 13.1 Å². The van der Waals surface area contributed by atoms with Crippen molar-refractivity contribution in [3.63, 3.8) is 0 Å². The molecule has 0 bridgehead atoms. The van der Waals surface area contributed by atoms with E-state index in [1.165, 1.54) is 6.07 Å². The molecule has 1 saturated heterocycles. The number of rotatable bonds is 2. The predicted octanol–water partition coefficient (Wildman–Crippen LogP) is 2.99. The molecule has 4 N–H and O–H groups in total. The molecule has 1 fully saturated rings. The van der Waals surface area contributed by atoms with Crippen molar-refractivity contribution >= 4 is 24.3 Å². The van der Waals surface area contributed by atoms with Gasteiger partial charge in [-0.3, -0.25) is 0 Å². The number of nitrogens with two attached hydrogens (primary N) is 2. The maximum atomic E-state index is 12.7. The van der Waals surface area contributed by atoms with E-state index in [9.17, 15) is 13.2 Å². The van der Waals surface area contributed by atoms with Crippen molar-refractivity contribution in [1.29, 1.82) is 0 Å². The van der Waals surface area contributed by atoms with Crippen LogP contribution in [0.5, 0.6) is 0 Å². The fraction of sp³-hybridized carbons (Fsp3) is 0.500. The third-order valence-corrected chi connectivity index (χ3v) is 4.01. The number of benzene rings is 1. The van der Waals surface area contributed by atoms with Crippen LogP contribution in [0.2, 0.25) is 0 Å². The van der Waals surface area contributed by atoms with Gasteiger partial charge in [-0.05, 0) is 36.5 Å². The molecule has 0 unspecified atom stereocenters. The Kier molecular flexibility index (Phi) is 7.54. The number of hydrogen-bond donors (Lipinski definition) is 2. The Labute approximate surface area is 151 Å². The highest BCUT2D eigenvalue weighted by molar-refractivity contribution is 5.93. The lowest BCUT2D eigenvalue weighted by molar-refractivity contribution is -0.137. The number of halogens is 4. The van der Waals surface area contributed by atoms with Crippen molar-refractivity contribution < 1.29 is 13.2 Å². The number of piperidine rings is 1. The molecule has 1 aliphatic rings. The molecule has 140 valence electrons. The Morgan fingerprint density at radius 2 is 1.88 bits per heavy atom. The second kappa shape index (κ2) is 8.94. The predicted molar refractivity (Wildman–Crippen MR) is 95.6 cm³/mol. The summed E-state index contributed by atoms with van der Waals surface area (Å²) in [6.07, 6.45) is -2.30. The van der Waals surface area contributed by atoms with Crippen molar-refractivity contribution in [2.45, 2.75) is 32.5 Å². The smallest absolute Gasteiger partial charge is 0.369 e. The van der Waals surface area contributed by atoms with E-state index in [0.29, 0.717) is 17.4 Å². The van der Waals surface area contributed by atoms with Crippen LogP contribution in [0.4, 0.5) is 13.2 Å². The van der Waals surface area contributed by atoms with E-state index in [0.717, 1.165) is 38.1 Å². The van der Waals surface area contributed by atoms with Gasteiger partial charge in [0, 0.05) is 13.1 Å². The first kappa shape index (κ1) is 21.1. The Morgan fingerprint density at radius 3 is 2.48 bits per heavy atom. The summed E-state index contributed by atoms with van der Waals surface area (Å²) in [6.45, 7) is 3.84. The highest BCUT2D eigenvalue weighted by atomic mass is 35.5. The van der Waals surface area contributed by atoms with Crippen molar-refractivity contribution in [3.05, 3.63) is 35.4 Å².